The van der Waals surface area contributed by atoms with Gasteiger partial charge >= 0.3 is 12.4 Å². The van der Waals surface area contributed by atoms with Gasteiger partial charge in [0.25, 0.3) is 0 Å². The molecule has 0 amide bonds. The highest BCUT2D eigenvalue weighted by molar-refractivity contribution is 5.87. The minimum atomic E-state index is -4.73. The molecule has 0 N–H and O–H groups in total. The first-order valence-electron chi connectivity index (χ1n) is 14.1. The van der Waals surface area contributed by atoms with Gasteiger partial charge in [-0.1, -0.05) is 12.1 Å². The van der Waals surface area contributed by atoms with Crippen molar-refractivity contribution in [1.82, 2.24) is 14.9 Å². The zero-order valence-corrected chi connectivity index (χ0v) is 23.4. The number of nitrogens with zero attached hydrogens (tertiary/aromatic N) is 5. The molecule has 0 aliphatic carbocycles. The molecule has 12 heteroatoms. The van der Waals surface area contributed by atoms with Gasteiger partial charge in [-0.3, -0.25) is 4.79 Å². The van der Waals surface area contributed by atoms with Gasteiger partial charge in [-0.15, -0.1) is 0 Å². The van der Waals surface area contributed by atoms with Crippen LogP contribution < -0.4 is 9.80 Å². The van der Waals surface area contributed by atoms with Gasteiger partial charge in [-0.2, -0.15) is 26.3 Å². The Kier molecular flexibility index (Phi) is 9.81. The molecule has 0 radical (unpaired) electrons. The van der Waals surface area contributed by atoms with E-state index in [4.69, 9.17) is 0 Å². The summed E-state index contributed by atoms with van der Waals surface area (Å²) >= 11 is 0. The topological polar surface area (TPSA) is 52.6 Å². The molecule has 2 aliphatic heterocycles. The van der Waals surface area contributed by atoms with E-state index in [9.17, 15) is 31.1 Å². The van der Waals surface area contributed by atoms with Gasteiger partial charge in [0.15, 0.2) is 5.78 Å². The third kappa shape index (κ3) is 8.33. The van der Waals surface area contributed by atoms with Crippen molar-refractivity contribution in [2.75, 3.05) is 50.1 Å². The molecule has 0 unspecified atom stereocenters. The SMILES string of the molecule is CN(C)CCC1CCN(c2cc(N3CCC[C@H]3C(=O)CCCc3ccc(C(F)(F)F)cc3)nc(C(F)(F)F)n2)CC1. The van der Waals surface area contributed by atoms with E-state index in [2.05, 4.69) is 14.9 Å². The summed E-state index contributed by atoms with van der Waals surface area (Å²) in [5, 5.41) is 0. The first-order valence-corrected chi connectivity index (χ1v) is 14.1. The van der Waals surface area contributed by atoms with Crippen LogP contribution in [0.25, 0.3) is 0 Å². The average Bonchev–Trinajstić information content (AvgIpc) is 3.42. The summed E-state index contributed by atoms with van der Waals surface area (Å²) in [5.74, 6) is -0.463. The number of carbonyl (C=O) groups is 1. The number of carbonyl (C=O) groups excluding carboxylic acids is 1. The van der Waals surface area contributed by atoms with Crippen molar-refractivity contribution in [3.05, 3.63) is 47.3 Å². The highest BCUT2D eigenvalue weighted by Gasteiger charge is 2.38. The van der Waals surface area contributed by atoms with Gasteiger partial charge in [-0.05, 0) is 89.2 Å². The summed E-state index contributed by atoms with van der Waals surface area (Å²) in [4.78, 5) is 26.5. The van der Waals surface area contributed by atoms with Gasteiger partial charge in [0.2, 0.25) is 5.82 Å². The number of halogens is 6. The first kappa shape index (κ1) is 31.1. The maximum Gasteiger partial charge on any atom is 0.451 e. The molecule has 1 aromatic heterocycles. The quantitative estimate of drug-likeness (QED) is 0.308. The minimum Gasteiger partial charge on any atom is -0.356 e. The second-order valence-corrected chi connectivity index (χ2v) is 11.3. The zero-order chi connectivity index (χ0) is 29.8. The number of Topliss-reactive ketones (excluding diaryl/α,β-unsaturated/α-hetero) is 1. The van der Waals surface area contributed by atoms with E-state index in [0.717, 1.165) is 37.9 Å². The van der Waals surface area contributed by atoms with Crippen LogP contribution in [0.2, 0.25) is 0 Å². The predicted molar refractivity (Wildman–Crippen MR) is 145 cm³/mol. The normalized spacial score (nSPS) is 18.9. The number of hydrogen-bond donors (Lipinski definition) is 0. The molecule has 4 rings (SSSR count). The van der Waals surface area contributed by atoms with E-state index in [0.29, 0.717) is 56.8 Å². The number of anilines is 2. The van der Waals surface area contributed by atoms with Crippen LogP contribution in [0.5, 0.6) is 0 Å². The molecule has 2 aromatic rings. The molecule has 226 valence electrons. The molecule has 2 fully saturated rings. The van der Waals surface area contributed by atoms with E-state index < -0.39 is 29.8 Å². The van der Waals surface area contributed by atoms with E-state index >= 15 is 0 Å². The summed E-state index contributed by atoms with van der Waals surface area (Å²) in [5.41, 5.74) is -0.0371. The number of hydrogen-bond acceptors (Lipinski definition) is 6. The lowest BCUT2D eigenvalue weighted by atomic mass is 9.93. The maximum absolute atomic E-state index is 13.8. The summed E-state index contributed by atoms with van der Waals surface area (Å²) in [6.45, 7) is 2.60. The lowest BCUT2D eigenvalue weighted by Gasteiger charge is -2.34. The molecule has 1 aromatic carbocycles. The molecule has 6 nitrogen and oxygen atoms in total. The highest BCUT2D eigenvalue weighted by Crippen LogP contribution is 2.35. The Hall–Kier alpha value is -2.89. The predicted octanol–water partition coefficient (Wildman–Crippen LogP) is 6.24. The van der Waals surface area contributed by atoms with E-state index in [1.54, 1.807) is 11.0 Å². The molecule has 2 aliphatic rings. The molecular formula is C29H37F6N5O. The lowest BCUT2D eigenvalue weighted by Crippen LogP contribution is -2.38. The molecule has 0 spiro atoms. The van der Waals surface area contributed by atoms with Gasteiger partial charge < -0.3 is 14.7 Å². The largest absolute Gasteiger partial charge is 0.451 e. The fraction of sp³-hybridized carbons (Fsp3) is 0.621. The Labute approximate surface area is 236 Å². The molecule has 0 saturated carbocycles. The van der Waals surface area contributed by atoms with Crippen molar-refractivity contribution in [1.29, 1.82) is 0 Å². The van der Waals surface area contributed by atoms with Gasteiger partial charge in [0.1, 0.15) is 11.6 Å². The van der Waals surface area contributed by atoms with Crippen LogP contribution in [0.15, 0.2) is 30.3 Å². The molecule has 2 saturated heterocycles. The summed E-state index contributed by atoms with van der Waals surface area (Å²) < 4.78 is 79.8. The Balaban J connectivity index is 1.42. The monoisotopic (exact) mass is 585 g/mol. The van der Waals surface area contributed by atoms with E-state index in [1.807, 2.05) is 19.0 Å². The summed E-state index contributed by atoms with van der Waals surface area (Å²) in [7, 11) is 4.04. The maximum atomic E-state index is 13.8. The number of aromatic nitrogens is 2. The Morgan fingerprint density at radius 2 is 1.59 bits per heavy atom. The minimum absolute atomic E-state index is 0.107. The number of piperidine rings is 1. The Morgan fingerprint density at radius 1 is 0.927 bits per heavy atom. The third-order valence-electron chi connectivity index (χ3n) is 7.96. The third-order valence-corrected chi connectivity index (χ3v) is 7.96. The van der Waals surface area contributed by atoms with E-state index in [-0.39, 0.29) is 23.8 Å². The second-order valence-electron chi connectivity index (χ2n) is 11.3. The standard InChI is InChI=1S/C29H37F6N5O/c1-38(2)16-12-21-13-17-39(18-14-21)25-19-26(37-27(36-25)29(33,34)35)40-15-4-6-23(40)24(41)7-3-5-20-8-10-22(11-9-20)28(30,31)32/h8-11,19,21,23H,3-7,12-18H2,1-2H3/t23-/m0/s1. The molecular weight excluding hydrogens is 548 g/mol. The van der Waals surface area contributed by atoms with Crippen molar-refractivity contribution in [2.45, 2.75) is 69.8 Å². The van der Waals surface area contributed by atoms with Crippen LogP contribution in [0, 0.1) is 5.92 Å². The number of alkyl halides is 6. The van der Waals surface area contributed by atoms with Gasteiger partial charge in [-0.25, -0.2) is 9.97 Å². The molecule has 3 heterocycles. The van der Waals surface area contributed by atoms with Gasteiger partial charge in [0, 0.05) is 32.1 Å². The molecule has 0 bridgehead atoms. The number of rotatable bonds is 10. The smallest absolute Gasteiger partial charge is 0.356 e. The van der Waals surface area contributed by atoms with Crippen LogP contribution in [-0.2, 0) is 23.6 Å². The second kappa shape index (κ2) is 13.0. The summed E-state index contributed by atoms with van der Waals surface area (Å²) in [6.07, 6.45) is -4.16. The van der Waals surface area contributed by atoms with Crippen molar-refractivity contribution in [2.24, 2.45) is 5.92 Å². The van der Waals surface area contributed by atoms with Crippen LogP contribution in [0.1, 0.15) is 61.9 Å². The molecule has 41 heavy (non-hydrogen) atoms. The van der Waals surface area contributed by atoms with E-state index in [1.165, 1.54) is 12.1 Å². The van der Waals surface area contributed by atoms with Crippen molar-refractivity contribution in [3.63, 3.8) is 0 Å². The Bertz CT molecular complexity index is 1160. The van der Waals surface area contributed by atoms with Crippen LogP contribution in [0.3, 0.4) is 0 Å². The van der Waals surface area contributed by atoms with Crippen molar-refractivity contribution >= 4 is 17.4 Å². The number of aryl methyl sites for hydroxylation is 1. The summed E-state index contributed by atoms with van der Waals surface area (Å²) in [6, 6.07) is 5.83. The highest BCUT2D eigenvalue weighted by atomic mass is 19.4. The molecule has 1 atom stereocenters. The fourth-order valence-electron chi connectivity index (χ4n) is 5.62. The van der Waals surface area contributed by atoms with Crippen molar-refractivity contribution in [3.8, 4) is 0 Å². The zero-order valence-electron chi connectivity index (χ0n) is 23.4. The average molecular weight is 586 g/mol. The van der Waals surface area contributed by atoms with Crippen LogP contribution in [0.4, 0.5) is 38.0 Å². The van der Waals surface area contributed by atoms with Gasteiger partial charge in [0.05, 0.1) is 11.6 Å². The fourth-order valence-corrected chi connectivity index (χ4v) is 5.62. The lowest BCUT2D eigenvalue weighted by molar-refractivity contribution is -0.144. The van der Waals surface area contributed by atoms with Crippen LogP contribution >= 0.6 is 0 Å². The van der Waals surface area contributed by atoms with Crippen LogP contribution in [-0.4, -0.2) is 67.0 Å². The first-order chi connectivity index (χ1) is 19.3. The number of benzene rings is 1. The number of ketones is 1. The Morgan fingerprint density at radius 3 is 2.20 bits per heavy atom. The van der Waals surface area contributed by atoms with Crippen molar-refractivity contribution < 1.29 is 31.1 Å².